The average molecular weight is 225 g/mol. The van der Waals surface area contributed by atoms with Gasteiger partial charge in [-0.2, -0.15) is 0 Å². The smallest absolute Gasteiger partial charge is 0.384 e. The van der Waals surface area contributed by atoms with Gasteiger partial charge in [-0.1, -0.05) is 11.6 Å². The summed E-state index contributed by atoms with van der Waals surface area (Å²) in [6, 6.07) is 6.87. The summed E-state index contributed by atoms with van der Waals surface area (Å²) >= 11 is 5.69. The fraction of sp³-hybridized carbons (Fsp3) is 0.182. The molecule has 15 heavy (non-hydrogen) atoms. The molecule has 0 aliphatic carbocycles. The minimum atomic E-state index is -0.574. The average Bonchev–Trinajstić information content (AvgIpc) is 2.26. The molecule has 0 spiro atoms. The summed E-state index contributed by atoms with van der Waals surface area (Å²) < 4.78 is 9.55. The van der Waals surface area contributed by atoms with E-state index in [1.165, 1.54) is 7.11 Å². The van der Waals surface area contributed by atoms with Crippen molar-refractivity contribution < 1.29 is 14.3 Å². The highest BCUT2D eigenvalue weighted by molar-refractivity contribution is 6.30. The zero-order valence-corrected chi connectivity index (χ0v) is 8.88. The van der Waals surface area contributed by atoms with Crippen molar-refractivity contribution in [1.82, 2.24) is 0 Å². The van der Waals surface area contributed by atoms with Crippen molar-refractivity contribution in [1.29, 1.82) is 0 Å². The number of rotatable bonds is 2. The lowest BCUT2D eigenvalue weighted by atomic mass is 10.3. The van der Waals surface area contributed by atoms with Crippen molar-refractivity contribution in [2.24, 2.45) is 0 Å². The maximum Gasteiger partial charge on any atom is 0.384 e. The zero-order valence-electron chi connectivity index (χ0n) is 8.12. The van der Waals surface area contributed by atoms with E-state index in [1.807, 2.05) is 0 Å². The van der Waals surface area contributed by atoms with E-state index in [2.05, 4.69) is 16.6 Å². The quantitative estimate of drug-likeness (QED) is 0.437. The number of hydrogen-bond donors (Lipinski definition) is 0. The number of halogens is 1. The predicted molar refractivity (Wildman–Crippen MR) is 56.7 cm³/mol. The van der Waals surface area contributed by atoms with Crippen LogP contribution in [0, 0.1) is 11.8 Å². The molecule has 4 heteroatoms. The summed E-state index contributed by atoms with van der Waals surface area (Å²) in [6.07, 6.45) is 0. The van der Waals surface area contributed by atoms with Crippen LogP contribution >= 0.6 is 11.6 Å². The van der Waals surface area contributed by atoms with E-state index in [9.17, 15) is 4.79 Å². The van der Waals surface area contributed by atoms with E-state index >= 15 is 0 Å². The van der Waals surface area contributed by atoms with Crippen LogP contribution in [0.3, 0.4) is 0 Å². The topological polar surface area (TPSA) is 35.5 Å². The van der Waals surface area contributed by atoms with Gasteiger partial charge in [-0.05, 0) is 30.2 Å². The van der Waals surface area contributed by atoms with Crippen molar-refractivity contribution in [3.63, 3.8) is 0 Å². The minimum absolute atomic E-state index is 0.136. The summed E-state index contributed by atoms with van der Waals surface area (Å²) in [6.45, 7) is 0.136. The number of esters is 1. The van der Waals surface area contributed by atoms with Gasteiger partial charge in [0.25, 0.3) is 0 Å². The van der Waals surface area contributed by atoms with Gasteiger partial charge in [-0.25, -0.2) is 4.79 Å². The highest BCUT2D eigenvalue weighted by Crippen LogP contribution is 2.14. The first-order valence-corrected chi connectivity index (χ1v) is 4.55. The molecular formula is C11H9ClO3. The molecule has 0 N–H and O–H groups in total. The van der Waals surface area contributed by atoms with Gasteiger partial charge in [0.15, 0.2) is 0 Å². The molecule has 0 saturated heterocycles. The lowest BCUT2D eigenvalue weighted by Gasteiger charge is -2.00. The van der Waals surface area contributed by atoms with Crippen LogP contribution in [-0.4, -0.2) is 19.7 Å². The van der Waals surface area contributed by atoms with E-state index in [4.69, 9.17) is 16.3 Å². The molecule has 1 aromatic carbocycles. The second kappa shape index (κ2) is 5.94. The summed E-state index contributed by atoms with van der Waals surface area (Å²) in [5, 5.41) is 0.642. The zero-order chi connectivity index (χ0) is 11.1. The van der Waals surface area contributed by atoms with Gasteiger partial charge < -0.3 is 9.47 Å². The molecule has 3 nitrogen and oxygen atoms in total. The maximum absolute atomic E-state index is 10.6. The Morgan fingerprint density at radius 3 is 2.67 bits per heavy atom. The number of carbonyl (C=O) groups is 1. The summed E-state index contributed by atoms with van der Waals surface area (Å²) in [5.41, 5.74) is 0. The number of benzene rings is 1. The molecule has 0 atom stereocenters. The van der Waals surface area contributed by atoms with Crippen molar-refractivity contribution in [2.45, 2.75) is 0 Å². The molecule has 0 unspecified atom stereocenters. The molecular weight excluding hydrogens is 216 g/mol. The highest BCUT2D eigenvalue weighted by atomic mass is 35.5. The first-order valence-electron chi connectivity index (χ1n) is 4.17. The third-order valence-corrected chi connectivity index (χ3v) is 1.75. The fourth-order valence-corrected chi connectivity index (χ4v) is 0.936. The second-order valence-electron chi connectivity index (χ2n) is 2.54. The molecule has 0 amide bonds. The van der Waals surface area contributed by atoms with Gasteiger partial charge in [0.05, 0.1) is 7.11 Å². The molecule has 0 aliphatic heterocycles. The van der Waals surface area contributed by atoms with E-state index in [0.29, 0.717) is 10.8 Å². The number of methoxy groups -OCH3 is 1. The molecule has 0 saturated carbocycles. The molecule has 0 aliphatic rings. The Labute approximate surface area is 92.9 Å². The Morgan fingerprint density at radius 1 is 1.40 bits per heavy atom. The number of ether oxygens (including phenoxy) is 2. The monoisotopic (exact) mass is 224 g/mol. The van der Waals surface area contributed by atoms with Crippen LogP contribution in [-0.2, 0) is 9.53 Å². The van der Waals surface area contributed by atoms with Crippen molar-refractivity contribution in [3.05, 3.63) is 29.3 Å². The normalized spacial score (nSPS) is 8.67. The van der Waals surface area contributed by atoms with E-state index in [1.54, 1.807) is 24.3 Å². The largest absolute Gasteiger partial charge is 0.481 e. The molecule has 0 fully saturated rings. The van der Waals surface area contributed by atoms with Crippen LogP contribution in [0.4, 0.5) is 0 Å². The van der Waals surface area contributed by atoms with Gasteiger partial charge in [-0.15, -0.1) is 0 Å². The SMILES string of the molecule is COC(=O)C#CCOc1ccc(Cl)cc1. The number of hydrogen-bond acceptors (Lipinski definition) is 3. The van der Waals surface area contributed by atoms with Crippen LogP contribution in [0.15, 0.2) is 24.3 Å². The third kappa shape index (κ3) is 4.39. The minimum Gasteiger partial charge on any atom is -0.481 e. The summed E-state index contributed by atoms with van der Waals surface area (Å²) in [4.78, 5) is 10.6. The standard InChI is InChI=1S/C11H9ClO3/c1-14-11(13)3-2-8-15-10-6-4-9(12)5-7-10/h4-7H,8H2,1H3. The Kier molecular flexibility index (Phi) is 4.52. The Hall–Kier alpha value is -1.66. The Morgan fingerprint density at radius 2 is 2.07 bits per heavy atom. The van der Waals surface area contributed by atoms with Gasteiger partial charge >= 0.3 is 5.97 Å². The van der Waals surface area contributed by atoms with Crippen molar-refractivity contribution >= 4 is 17.6 Å². The van der Waals surface area contributed by atoms with Crippen LogP contribution in [0.2, 0.25) is 5.02 Å². The molecule has 0 aromatic heterocycles. The summed E-state index contributed by atoms with van der Waals surface area (Å²) in [5.74, 6) is 4.85. The van der Waals surface area contributed by atoms with Crippen molar-refractivity contribution in [3.8, 4) is 17.6 Å². The predicted octanol–water partition coefficient (Wildman–Crippen LogP) is 1.90. The summed E-state index contributed by atoms with van der Waals surface area (Å²) in [7, 11) is 1.27. The molecule has 0 bridgehead atoms. The first-order chi connectivity index (χ1) is 7.22. The van der Waals surface area contributed by atoms with Crippen LogP contribution in [0.25, 0.3) is 0 Å². The first kappa shape index (κ1) is 11.4. The van der Waals surface area contributed by atoms with E-state index in [0.717, 1.165) is 0 Å². The third-order valence-electron chi connectivity index (χ3n) is 1.50. The van der Waals surface area contributed by atoms with Gasteiger partial charge in [0.1, 0.15) is 12.4 Å². The maximum atomic E-state index is 10.6. The molecule has 1 aromatic rings. The Balaban J connectivity index is 2.40. The lowest BCUT2D eigenvalue weighted by molar-refractivity contribution is -0.133. The van der Waals surface area contributed by atoms with Gasteiger partial charge in [-0.3, -0.25) is 0 Å². The molecule has 0 radical (unpaired) electrons. The van der Waals surface area contributed by atoms with Gasteiger partial charge in [0, 0.05) is 10.9 Å². The molecule has 78 valence electrons. The Bertz CT molecular complexity index is 387. The number of carbonyl (C=O) groups excluding carboxylic acids is 1. The second-order valence-corrected chi connectivity index (χ2v) is 2.97. The fourth-order valence-electron chi connectivity index (χ4n) is 0.810. The van der Waals surface area contributed by atoms with Crippen molar-refractivity contribution in [2.75, 3.05) is 13.7 Å². The molecule has 1 rings (SSSR count). The van der Waals surface area contributed by atoms with Crippen LogP contribution in [0.1, 0.15) is 0 Å². The van der Waals surface area contributed by atoms with E-state index in [-0.39, 0.29) is 6.61 Å². The van der Waals surface area contributed by atoms with Crippen LogP contribution < -0.4 is 4.74 Å². The molecule has 0 heterocycles. The van der Waals surface area contributed by atoms with Crippen LogP contribution in [0.5, 0.6) is 5.75 Å². The van der Waals surface area contributed by atoms with E-state index < -0.39 is 5.97 Å². The lowest BCUT2D eigenvalue weighted by Crippen LogP contribution is -1.98. The van der Waals surface area contributed by atoms with Gasteiger partial charge in [0.2, 0.25) is 0 Å². The highest BCUT2D eigenvalue weighted by Gasteiger charge is 1.92.